The van der Waals surface area contributed by atoms with Crippen molar-refractivity contribution in [2.24, 2.45) is 5.41 Å². The van der Waals surface area contributed by atoms with Gasteiger partial charge in [0.2, 0.25) is 0 Å². The number of piperazine rings is 1. The number of rotatable bonds is 5. The van der Waals surface area contributed by atoms with Gasteiger partial charge in [0.1, 0.15) is 5.75 Å². The van der Waals surface area contributed by atoms with Gasteiger partial charge in [-0.15, -0.1) is 12.4 Å². The zero-order valence-electron chi connectivity index (χ0n) is 14.7. The van der Waals surface area contributed by atoms with Crippen LogP contribution in [0.25, 0.3) is 0 Å². The van der Waals surface area contributed by atoms with Gasteiger partial charge < -0.3 is 15.2 Å². The summed E-state index contributed by atoms with van der Waals surface area (Å²) in [6.07, 6.45) is -4.41. The van der Waals surface area contributed by atoms with Gasteiger partial charge in [-0.2, -0.15) is 13.2 Å². The Balaban J connectivity index is 0.00000312. The van der Waals surface area contributed by atoms with Crippen molar-refractivity contribution in [3.63, 3.8) is 0 Å². The molecule has 1 atom stereocenters. The molecule has 0 saturated carbocycles. The molecule has 2 rings (SSSR count). The second kappa shape index (κ2) is 8.58. The maximum Gasteiger partial charge on any atom is 0.416 e. The number of ether oxygens (including phenoxy) is 1. The van der Waals surface area contributed by atoms with Gasteiger partial charge in [0, 0.05) is 49.8 Å². The first-order valence-corrected chi connectivity index (χ1v) is 8.01. The first-order chi connectivity index (χ1) is 11.2. The lowest BCUT2D eigenvalue weighted by Gasteiger charge is -2.44. The number of alkyl halides is 3. The van der Waals surface area contributed by atoms with E-state index in [9.17, 15) is 18.3 Å². The predicted octanol–water partition coefficient (Wildman–Crippen LogP) is 3.10. The second-order valence-electron chi connectivity index (χ2n) is 6.79. The van der Waals surface area contributed by atoms with Crippen LogP contribution in [0.2, 0.25) is 0 Å². The summed E-state index contributed by atoms with van der Waals surface area (Å²) in [5.74, 6) is 0.204. The molecule has 0 radical (unpaired) electrons. The standard InChI is InChI=1S/C17H25F3N2O2.ClH/c1-16(2,11-23)15(22-8-6-21-7-9-22)13-5-4-12(17(18,19)20)10-14(13)24-3;/h4-5,10,15,21,23H,6-9,11H2,1-3H3;1H/t15-;/m0./s1. The molecule has 1 aliphatic heterocycles. The van der Waals surface area contributed by atoms with Crippen molar-refractivity contribution in [1.29, 1.82) is 0 Å². The van der Waals surface area contributed by atoms with Crippen LogP contribution in [-0.2, 0) is 6.18 Å². The van der Waals surface area contributed by atoms with Crippen molar-refractivity contribution < 1.29 is 23.0 Å². The molecule has 1 aliphatic rings. The fourth-order valence-electron chi connectivity index (χ4n) is 3.25. The minimum Gasteiger partial charge on any atom is -0.496 e. The lowest BCUT2D eigenvalue weighted by atomic mass is 9.79. The third-order valence-corrected chi connectivity index (χ3v) is 4.52. The monoisotopic (exact) mass is 382 g/mol. The van der Waals surface area contributed by atoms with Crippen LogP contribution < -0.4 is 10.1 Å². The van der Waals surface area contributed by atoms with Crippen molar-refractivity contribution >= 4 is 12.4 Å². The van der Waals surface area contributed by atoms with Gasteiger partial charge in [-0.3, -0.25) is 4.90 Å². The molecular formula is C17H26ClF3N2O2. The van der Waals surface area contributed by atoms with Gasteiger partial charge >= 0.3 is 6.18 Å². The highest BCUT2D eigenvalue weighted by Gasteiger charge is 2.38. The first-order valence-electron chi connectivity index (χ1n) is 8.01. The number of benzene rings is 1. The van der Waals surface area contributed by atoms with Crippen LogP contribution in [0.4, 0.5) is 13.2 Å². The van der Waals surface area contributed by atoms with E-state index < -0.39 is 17.2 Å². The lowest BCUT2D eigenvalue weighted by Crippen LogP contribution is -2.49. The van der Waals surface area contributed by atoms with Gasteiger partial charge in [-0.1, -0.05) is 19.9 Å². The maximum atomic E-state index is 13.0. The van der Waals surface area contributed by atoms with Crippen molar-refractivity contribution in [2.45, 2.75) is 26.1 Å². The predicted molar refractivity (Wildman–Crippen MR) is 93.3 cm³/mol. The largest absolute Gasteiger partial charge is 0.496 e. The Kier molecular flexibility index (Phi) is 7.55. The molecule has 1 saturated heterocycles. The van der Waals surface area contributed by atoms with Gasteiger partial charge in [0.15, 0.2) is 0 Å². The van der Waals surface area contributed by atoms with Crippen molar-refractivity contribution in [1.82, 2.24) is 10.2 Å². The van der Waals surface area contributed by atoms with Gasteiger partial charge in [-0.05, 0) is 12.1 Å². The van der Waals surface area contributed by atoms with Gasteiger partial charge in [0.25, 0.3) is 0 Å². The molecular weight excluding hydrogens is 357 g/mol. The summed E-state index contributed by atoms with van der Waals surface area (Å²) in [6, 6.07) is 3.37. The average molecular weight is 383 g/mol. The summed E-state index contributed by atoms with van der Waals surface area (Å²) >= 11 is 0. The Labute approximate surface area is 152 Å². The summed E-state index contributed by atoms with van der Waals surface area (Å²) in [4.78, 5) is 2.19. The molecule has 0 bridgehead atoms. The Morgan fingerprint density at radius 2 is 1.84 bits per heavy atom. The van der Waals surface area contributed by atoms with Crippen LogP contribution in [0.3, 0.4) is 0 Å². The Bertz CT molecular complexity index is 561. The number of aliphatic hydroxyl groups excluding tert-OH is 1. The fraction of sp³-hybridized carbons (Fsp3) is 0.647. The van der Waals surface area contributed by atoms with Crippen molar-refractivity contribution in [2.75, 3.05) is 39.9 Å². The van der Waals surface area contributed by atoms with E-state index in [2.05, 4.69) is 10.2 Å². The molecule has 144 valence electrons. The van der Waals surface area contributed by atoms with Crippen molar-refractivity contribution in [3.05, 3.63) is 29.3 Å². The van der Waals surface area contributed by atoms with E-state index in [-0.39, 0.29) is 30.8 Å². The van der Waals surface area contributed by atoms with E-state index in [0.29, 0.717) is 5.56 Å². The molecule has 25 heavy (non-hydrogen) atoms. The van der Waals surface area contributed by atoms with Crippen LogP contribution >= 0.6 is 12.4 Å². The molecule has 0 spiro atoms. The highest BCUT2D eigenvalue weighted by molar-refractivity contribution is 5.85. The summed E-state index contributed by atoms with van der Waals surface area (Å²) in [7, 11) is 1.37. The molecule has 1 aromatic carbocycles. The van der Waals surface area contributed by atoms with Crippen molar-refractivity contribution in [3.8, 4) is 5.75 Å². The van der Waals surface area contributed by atoms with E-state index in [1.54, 1.807) is 0 Å². The van der Waals surface area contributed by atoms with E-state index in [0.717, 1.165) is 38.3 Å². The molecule has 0 amide bonds. The van der Waals surface area contributed by atoms with E-state index in [4.69, 9.17) is 4.74 Å². The normalized spacial score (nSPS) is 17.7. The number of hydrogen-bond acceptors (Lipinski definition) is 4. The highest BCUT2D eigenvalue weighted by atomic mass is 35.5. The van der Waals surface area contributed by atoms with E-state index in [1.165, 1.54) is 13.2 Å². The van der Waals surface area contributed by atoms with Crippen LogP contribution in [0.5, 0.6) is 5.75 Å². The fourth-order valence-corrected chi connectivity index (χ4v) is 3.25. The first kappa shape index (κ1) is 22.0. The van der Waals surface area contributed by atoms with E-state index in [1.807, 2.05) is 13.8 Å². The number of aliphatic hydroxyl groups is 1. The minimum atomic E-state index is -4.41. The summed E-state index contributed by atoms with van der Waals surface area (Å²) < 4.78 is 44.2. The molecule has 0 unspecified atom stereocenters. The zero-order chi connectivity index (χ0) is 18.0. The SMILES string of the molecule is COc1cc(C(F)(F)F)ccc1[C@H](N1CCNCC1)C(C)(C)CO.Cl. The van der Waals surface area contributed by atoms with Crippen LogP contribution in [-0.4, -0.2) is 49.9 Å². The molecule has 1 heterocycles. The number of nitrogens with zero attached hydrogens (tertiary/aromatic N) is 1. The second-order valence-corrected chi connectivity index (χ2v) is 6.79. The van der Waals surface area contributed by atoms with Crippen LogP contribution in [0.15, 0.2) is 18.2 Å². The number of halogens is 4. The van der Waals surface area contributed by atoms with E-state index >= 15 is 0 Å². The Morgan fingerprint density at radius 3 is 2.32 bits per heavy atom. The minimum absolute atomic E-state index is 0. The maximum absolute atomic E-state index is 13.0. The Morgan fingerprint density at radius 1 is 1.24 bits per heavy atom. The lowest BCUT2D eigenvalue weighted by molar-refractivity contribution is -0.137. The molecule has 1 fully saturated rings. The number of nitrogens with one attached hydrogen (secondary N) is 1. The van der Waals surface area contributed by atoms with Gasteiger partial charge in [-0.25, -0.2) is 0 Å². The molecule has 1 aromatic rings. The Hall–Kier alpha value is -1.02. The van der Waals surface area contributed by atoms with Crippen LogP contribution in [0.1, 0.15) is 31.0 Å². The van der Waals surface area contributed by atoms with Crippen LogP contribution in [0, 0.1) is 5.41 Å². The summed E-state index contributed by atoms with van der Waals surface area (Å²) in [6.45, 7) is 6.89. The summed E-state index contributed by atoms with van der Waals surface area (Å²) in [5, 5.41) is 13.1. The third-order valence-electron chi connectivity index (χ3n) is 4.52. The number of hydrogen-bond donors (Lipinski definition) is 2. The quantitative estimate of drug-likeness (QED) is 0.821. The summed E-state index contributed by atoms with van der Waals surface area (Å²) in [5.41, 5.74) is -0.583. The molecule has 8 heteroatoms. The molecule has 4 nitrogen and oxygen atoms in total. The van der Waals surface area contributed by atoms with Gasteiger partial charge in [0.05, 0.1) is 12.7 Å². The topological polar surface area (TPSA) is 44.7 Å². The molecule has 0 aromatic heterocycles. The molecule has 2 N–H and O–H groups in total. The average Bonchev–Trinajstić information content (AvgIpc) is 2.55. The third kappa shape index (κ3) is 5.00. The molecule has 0 aliphatic carbocycles. The number of methoxy groups -OCH3 is 1. The highest BCUT2D eigenvalue weighted by Crippen LogP contribution is 2.43. The smallest absolute Gasteiger partial charge is 0.416 e. The zero-order valence-corrected chi connectivity index (χ0v) is 15.5.